The molecule has 2 rings (SSSR count). The predicted octanol–water partition coefficient (Wildman–Crippen LogP) is 2.28. The quantitative estimate of drug-likeness (QED) is 0.721. The van der Waals surface area contributed by atoms with Gasteiger partial charge in [0.1, 0.15) is 0 Å². The van der Waals surface area contributed by atoms with Crippen molar-refractivity contribution in [3.63, 3.8) is 0 Å². The van der Waals surface area contributed by atoms with E-state index in [0.29, 0.717) is 6.10 Å². The molecule has 1 aromatic rings. The van der Waals surface area contributed by atoms with Crippen LogP contribution in [-0.4, -0.2) is 26.3 Å². The van der Waals surface area contributed by atoms with Crippen molar-refractivity contribution < 1.29 is 4.74 Å². The first-order valence-electron chi connectivity index (χ1n) is 4.64. The lowest BCUT2D eigenvalue weighted by atomic mass is 10.3. The molecule has 3 heteroatoms. The number of ether oxygens (including phenoxy) is 1. The summed E-state index contributed by atoms with van der Waals surface area (Å²) in [6.45, 7) is 4.34. The van der Waals surface area contributed by atoms with E-state index in [2.05, 4.69) is 24.0 Å². The maximum absolute atomic E-state index is 5.33. The molecular formula is C10H15NOS. The third kappa shape index (κ3) is 1.86. The molecule has 0 N–H and O–H groups in total. The van der Waals surface area contributed by atoms with Gasteiger partial charge in [-0.05, 0) is 25.5 Å². The van der Waals surface area contributed by atoms with Gasteiger partial charge in [-0.25, -0.2) is 0 Å². The molecule has 1 saturated heterocycles. The first-order chi connectivity index (χ1) is 6.29. The van der Waals surface area contributed by atoms with Gasteiger partial charge in [-0.2, -0.15) is 0 Å². The molecule has 1 aromatic heterocycles. The Morgan fingerprint density at radius 2 is 2.38 bits per heavy atom. The molecule has 0 bridgehead atoms. The Morgan fingerprint density at radius 3 is 2.92 bits per heavy atom. The van der Waals surface area contributed by atoms with E-state index < -0.39 is 0 Å². The lowest BCUT2D eigenvalue weighted by Gasteiger charge is -2.15. The van der Waals surface area contributed by atoms with E-state index in [1.54, 1.807) is 7.11 Å². The van der Waals surface area contributed by atoms with Crippen molar-refractivity contribution in [2.75, 3.05) is 25.1 Å². The lowest BCUT2D eigenvalue weighted by Crippen LogP contribution is -2.20. The van der Waals surface area contributed by atoms with E-state index in [1.165, 1.54) is 9.88 Å². The summed E-state index contributed by atoms with van der Waals surface area (Å²) >= 11 is 1.87. The molecule has 0 saturated carbocycles. The minimum absolute atomic E-state index is 0.433. The molecule has 1 atom stereocenters. The summed E-state index contributed by atoms with van der Waals surface area (Å²) in [6.07, 6.45) is 1.59. The van der Waals surface area contributed by atoms with E-state index in [0.717, 1.165) is 19.5 Å². The molecule has 1 aliphatic rings. The van der Waals surface area contributed by atoms with Crippen LogP contribution in [0.15, 0.2) is 12.1 Å². The fraction of sp³-hybridized carbons (Fsp3) is 0.600. The molecule has 0 aliphatic carbocycles. The van der Waals surface area contributed by atoms with E-state index in [4.69, 9.17) is 4.74 Å². The Morgan fingerprint density at radius 1 is 1.54 bits per heavy atom. The van der Waals surface area contributed by atoms with Crippen molar-refractivity contribution in [1.82, 2.24) is 0 Å². The summed E-state index contributed by atoms with van der Waals surface area (Å²) in [5.74, 6) is 0. The number of aryl methyl sites for hydroxylation is 1. The summed E-state index contributed by atoms with van der Waals surface area (Å²) in [6, 6.07) is 4.39. The minimum atomic E-state index is 0.433. The minimum Gasteiger partial charge on any atom is -0.380 e. The molecule has 0 radical (unpaired) electrons. The first kappa shape index (κ1) is 9.03. The SMILES string of the molecule is CO[C@@H]1CCN(c2ccc(C)s2)C1. The summed E-state index contributed by atoms with van der Waals surface area (Å²) < 4.78 is 5.33. The Balaban J connectivity index is 2.03. The normalized spacial score (nSPS) is 22.6. The molecule has 0 spiro atoms. The number of hydrogen-bond acceptors (Lipinski definition) is 3. The molecule has 2 nitrogen and oxygen atoms in total. The molecular weight excluding hydrogens is 182 g/mol. The van der Waals surface area contributed by atoms with Gasteiger partial charge in [0.25, 0.3) is 0 Å². The zero-order valence-corrected chi connectivity index (χ0v) is 8.93. The van der Waals surface area contributed by atoms with Crippen LogP contribution in [-0.2, 0) is 4.74 Å². The van der Waals surface area contributed by atoms with Crippen LogP contribution in [0.5, 0.6) is 0 Å². The van der Waals surface area contributed by atoms with Gasteiger partial charge in [-0.15, -0.1) is 11.3 Å². The topological polar surface area (TPSA) is 12.5 Å². The summed E-state index contributed by atoms with van der Waals surface area (Å²) in [5, 5.41) is 1.39. The number of nitrogens with zero attached hydrogens (tertiary/aromatic N) is 1. The monoisotopic (exact) mass is 197 g/mol. The molecule has 72 valence electrons. The number of thiophene rings is 1. The van der Waals surface area contributed by atoms with Crippen molar-refractivity contribution >= 4 is 16.3 Å². The van der Waals surface area contributed by atoms with Gasteiger partial charge in [0, 0.05) is 25.1 Å². The van der Waals surface area contributed by atoms with E-state index in [-0.39, 0.29) is 0 Å². The van der Waals surface area contributed by atoms with Crippen LogP contribution in [0.1, 0.15) is 11.3 Å². The van der Waals surface area contributed by atoms with Crippen LogP contribution < -0.4 is 4.90 Å². The van der Waals surface area contributed by atoms with Crippen LogP contribution in [0.25, 0.3) is 0 Å². The van der Waals surface area contributed by atoms with Gasteiger partial charge >= 0.3 is 0 Å². The summed E-state index contributed by atoms with van der Waals surface area (Å²) in [7, 11) is 1.80. The van der Waals surface area contributed by atoms with Crippen molar-refractivity contribution in [3.8, 4) is 0 Å². The fourth-order valence-electron chi connectivity index (χ4n) is 1.71. The zero-order chi connectivity index (χ0) is 9.26. The third-order valence-corrected chi connectivity index (χ3v) is 3.58. The molecule has 0 unspecified atom stereocenters. The number of rotatable bonds is 2. The van der Waals surface area contributed by atoms with Crippen LogP contribution in [0, 0.1) is 6.92 Å². The third-order valence-electron chi connectivity index (χ3n) is 2.52. The standard InChI is InChI=1S/C10H15NOS/c1-8-3-4-10(13-8)11-6-5-9(7-11)12-2/h3-4,9H,5-7H2,1-2H3/t9-/m1/s1. The Bertz CT molecular complexity index is 284. The average Bonchev–Trinajstić information content (AvgIpc) is 2.71. The first-order valence-corrected chi connectivity index (χ1v) is 5.45. The van der Waals surface area contributed by atoms with Gasteiger partial charge in [0.2, 0.25) is 0 Å². The molecule has 1 aliphatic heterocycles. The van der Waals surface area contributed by atoms with Crippen LogP contribution in [0.3, 0.4) is 0 Å². The van der Waals surface area contributed by atoms with E-state index in [9.17, 15) is 0 Å². The lowest BCUT2D eigenvalue weighted by molar-refractivity contribution is 0.121. The number of anilines is 1. The highest BCUT2D eigenvalue weighted by Gasteiger charge is 2.22. The predicted molar refractivity (Wildman–Crippen MR) is 56.7 cm³/mol. The molecule has 1 fully saturated rings. The van der Waals surface area contributed by atoms with Crippen molar-refractivity contribution in [3.05, 3.63) is 17.0 Å². The zero-order valence-electron chi connectivity index (χ0n) is 8.12. The van der Waals surface area contributed by atoms with Crippen molar-refractivity contribution in [1.29, 1.82) is 0 Å². The molecule has 2 heterocycles. The van der Waals surface area contributed by atoms with Crippen LogP contribution >= 0.6 is 11.3 Å². The second-order valence-electron chi connectivity index (χ2n) is 3.48. The highest BCUT2D eigenvalue weighted by molar-refractivity contribution is 7.16. The Labute approximate surface area is 83.1 Å². The van der Waals surface area contributed by atoms with Crippen molar-refractivity contribution in [2.45, 2.75) is 19.4 Å². The van der Waals surface area contributed by atoms with Gasteiger partial charge < -0.3 is 9.64 Å². The average molecular weight is 197 g/mol. The Kier molecular flexibility index (Phi) is 2.56. The van der Waals surface area contributed by atoms with Crippen LogP contribution in [0.2, 0.25) is 0 Å². The number of hydrogen-bond donors (Lipinski definition) is 0. The molecule has 0 amide bonds. The highest BCUT2D eigenvalue weighted by atomic mass is 32.1. The molecule has 0 aromatic carbocycles. The Hall–Kier alpha value is -0.540. The largest absolute Gasteiger partial charge is 0.380 e. The smallest absolute Gasteiger partial charge is 0.0912 e. The number of methoxy groups -OCH3 is 1. The van der Waals surface area contributed by atoms with E-state index in [1.807, 2.05) is 11.3 Å². The fourth-order valence-corrected chi connectivity index (χ4v) is 2.61. The molecule has 13 heavy (non-hydrogen) atoms. The maximum Gasteiger partial charge on any atom is 0.0912 e. The highest BCUT2D eigenvalue weighted by Crippen LogP contribution is 2.28. The summed E-state index contributed by atoms with van der Waals surface area (Å²) in [4.78, 5) is 3.79. The second-order valence-corrected chi connectivity index (χ2v) is 4.74. The van der Waals surface area contributed by atoms with Crippen molar-refractivity contribution in [2.24, 2.45) is 0 Å². The van der Waals surface area contributed by atoms with Gasteiger partial charge in [-0.1, -0.05) is 0 Å². The van der Waals surface area contributed by atoms with Gasteiger partial charge in [0.05, 0.1) is 11.1 Å². The van der Waals surface area contributed by atoms with E-state index >= 15 is 0 Å². The van der Waals surface area contributed by atoms with Crippen LogP contribution in [0.4, 0.5) is 5.00 Å². The second kappa shape index (κ2) is 3.68. The maximum atomic E-state index is 5.33. The summed E-state index contributed by atoms with van der Waals surface area (Å²) in [5.41, 5.74) is 0. The van der Waals surface area contributed by atoms with Gasteiger partial charge in [0.15, 0.2) is 0 Å². The van der Waals surface area contributed by atoms with Gasteiger partial charge in [-0.3, -0.25) is 0 Å².